The summed E-state index contributed by atoms with van der Waals surface area (Å²) in [6.07, 6.45) is -3.56. The third-order valence-corrected chi connectivity index (χ3v) is 3.68. The zero-order valence-corrected chi connectivity index (χ0v) is 14.9. The van der Waals surface area contributed by atoms with Gasteiger partial charge in [0.15, 0.2) is 0 Å². The van der Waals surface area contributed by atoms with Crippen LogP contribution in [0.15, 0.2) is 24.5 Å². The molecule has 0 radical (unpaired) electrons. The predicted octanol–water partition coefficient (Wildman–Crippen LogP) is 4.25. The van der Waals surface area contributed by atoms with Crippen LogP contribution in [0.5, 0.6) is 0 Å². The molecule has 146 valence electrons. The van der Waals surface area contributed by atoms with Gasteiger partial charge in [-0.15, -0.1) is 0 Å². The number of hydrogen-bond donors (Lipinski definition) is 2. The van der Waals surface area contributed by atoms with E-state index in [1.54, 1.807) is 6.92 Å². The van der Waals surface area contributed by atoms with E-state index in [0.717, 1.165) is 24.5 Å². The Kier molecular flexibility index (Phi) is 6.39. The lowest BCUT2D eigenvalue weighted by Gasteiger charge is -2.15. The molecular formula is C15H15ClF3N5O3. The van der Waals surface area contributed by atoms with Crippen molar-refractivity contribution in [3.63, 3.8) is 0 Å². The van der Waals surface area contributed by atoms with Crippen LogP contribution in [0.1, 0.15) is 12.5 Å². The highest BCUT2D eigenvalue weighted by atomic mass is 35.5. The fourth-order valence-corrected chi connectivity index (χ4v) is 2.36. The lowest BCUT2D eigenvalue weighted by Crippen LogP contribution is -2.22. The van der Waals surface area contributed by atoms with Crippen LogP contribution in [0.25, 0.3) is 0 Å². The largest absolute Gasteiger partial charge is 0.416 e. The van der Waals surface area contributed by atoms with Gasteiger partial charge in [-0.25, -0.2) is 9.97 Å². The second-order valence-electron chi connectivity index (χ2n) is 5.49. The third kappa shape index (κ3) is 5.17. The molecule has 0 saturated carbocycles. The minimum absolute atomic E-state index is 0.0572. The van der Waals surface area contributed by atoms with Crippen molar-refractivity contribution in [2.24, 2.45) is 0 Å². The van der Waals surface area contributed by atoms with Gasteiger partial charge in [0, 0.05) is 13.2 Å². The number of rotatable bonds is 7. The van der Waals surface area contributed by atoms with Gasteiger partial charge in [-0.2, -0.15) is 13.2 Å². The highest BCUT2D eigenvalue weighted by molar-refractivity contribution is 6.33. The highest BCUT2D eigenvalue weighted by Crippen LogP contribution is 2.37. The van der Waals surface area contributed by atoms with Crippen LogP contribution < -0.4 is 10.6 Å². The number of hydrogen-bond acceptors (Lipinski definition) is 7. The van der Waals surface area contributed by atoms with E-state index in [1.807, 2.05) is 0 Å². The van der Waals surface area contributed by atoms with E-state index in [4.69, 9.17) is 16.3 Å². The number of ether oxygens (including phenoxy) is 1. The van der Waals surface area contributed by atoms with E-state index in [9.17, 15) is 23.3 Å². The van der Waals surface area contributed by atoms with Crippen molar-refractivity contribution in [1.82, 2.24) is 9.97 Å². The maximum absolute atomic E-state index is 12.9. The molecule has 0 bridgehead atoms. The van der Waals surface area contributed by atoms with Gasteiger partial charge in [0.25, 0.3) is 0 Å². The first-order chi connectivity index (χ1) is 12.6. The minimum atomic E-state index is -4.60. The van der Waals surface area contributed by atoms with Gasteiger partial charge in [0.2, 0.25) is 11.6 Å². The van der Waals surface area contributed by atoms with E-state index < -0.39 is 22.4 Å². The van der Waals surface area contributed by atoms with Gasteiger partial charge in [-0.05, 0) is 25.1 Å². The molecule has 0 fully saturated rings. The van der Waals surface area contributed by atoms with Crippen LogP contribution in [0, 0.1) is 10.1 Å². The maximum atomic E-state index is 12.9. The number of nitrogens with one attached hydrogen (secondary N) is 2. The van der Waals surface area contributed by atoms with Crippen LogP contribution in [0.3, 0.4) is 0 Å². The van der Waals surface area contributed by atoms with Gasteiger partial charge in [-0.1, -0.05) is 11.6 Å². The zero-order valence-electron chi connectivity index (χ0n) is 14.2. The predicted molar refractivity (Wildman–Crippen MR) is 93.4 cm³/mol. The number of benzene rings is 1. The van der Waals surface area contributed by atoms with E-state index in [1.165, 1.54) is 7.11 Å². The monoisotopic (exact) mass is 405 g/mol. The topological polar surface area (TPSA) is 102 Å². The molecule has 1 unspecified atom stereocenters. The van der Waals surface area contributed by atoms with Crippen LogP contribution in [0.4, 0.5) is 36.2 Å². The Morgan fingerprint density at radius 2 is 2.00 bits per heavy atom. The van der Waals surface area contributed by atoms with Crippen molar-refractivity contribution in [3.8, 4) is 0 Å². The molecule has 0 amide bonds. The summed E-state index contributed by atoms with van der Waals surface area (Å²) in [5.41, 5.74) is -1.67. The molecule has 1 atom stereocenters. The lowest BCUT2D eigenvalue weighted by atomic mass is 10.2. The number of alkyl halides is 3. The van der Waals surface area contributed by atoms with E-state index in [2.05, 4.69) is 20.6 Å². The molecule has 0 aliphatic carbocycles. The molecule has 8 nitrogen and oxygen atoms in total. The molecule has 0 saturated heterocycles. The number of nitrogens with zero attached hydrogens (tertiary/aromatic N) is 3. The summed E-state index contributed by atoms with van der Waals surface area (Å²) >= 11 is 5.92. The second-order valence-corrected chi connectivity index (χ2v) is 5.90. The van der Waals surface area contributed by atoms with Gasteiger partial charge in [-0.3, -0.25) is 10.1 Å². The van der Waals surface area contributed by atoms with E-state index >= 15 is 0 Å². The zero-order chi connectivity index (χ0) is 20.2. The van der Waals surface area contributed by atoms with Crippen LogP contribution >= 0.6 is 11.6 Å². The fourth-order valence-electron chi connectivity index (χ4n) is 2.20. The average Bonchev–Trinajstić information content (AvgIpc) is 2.56. The second kappa shape index (κ2) is 8.35. The molecule has 2 rings (SSSR count). The van der Waals surface area contributed by atoms with Gasteiger partial charge in [0.1, 0.15) is 6.33 Å². The van der Waals surface area contributed by atoms with Crippen molar-refractivity contribution in [2.45, 2.75) is 19.1 Å². The first kappa shape index (κ1) is 20.6. The van der Waals surface area contributed by atoms with Gasteiger partial charge < -0.3 is 15.4 Å². The van der Waals surface area contributed by atoms with Crippen molar-refractivity contribution in [1.29, 1.82) is 0 Å². The Bertz CT molecular complexity index is 835. The van der Waals surface area contributed by atoms with Gasteiger partial charge >= 0.3 is 11.9 Å². The number of methoxy groups -OCH3 is 1. The molecular weight excluding hydrogens is 391 g/mol. The number of nitro groups is 1. The normalized spacial score (nSPS) is 12.5. The molecule has 27 heavy (non-hydrogen) atoms. The minimum Gasteiger partial charge on any atom is -0.383 e. The summed E-state index contributed by atoms with van der Waals surface area (Å²) < 4.78 is 43.6. The highest BCUT2D eigenvalue weighted by Gasteiger charge is 2.31. The molecule has 2 aromatic rings. The summed E-state index contributed by atoms with van der Waals surface area (Å²) in [5, 5.41) is 16.7. The quantitative estimate of drug-likeness (QED) is 0.524. The molecule has 0 aliphatic rings. The first-order valence-electron chi connectivity index (χ1n) is 7.52. The Balaban J connectivity index is 2.43. The smallest absolute Gasteiger partial charge is 0.383 e. The van der Waals surface area contributed by atoms with Crippen LogP contribution in [-0.4, -0.2) is 34.6 Å². The Morgan fingerprint density at radius 3 is 2.59 bits per heavy atom. The summed E-state index contributed by atoms with van der Waals surface area (Å²) in [7, 11) is 1.47. The molecule has 1 heterocycles. The molecule has 0 aliphatic heterocycles. The summed E-state index contributed by atoms with van der Waals surface area (Å²) in [5.74, 6) is -0.409. The van der Waals surface area contributed by atoms with Crippen LogP contribution in [0.2, 0.25) is 5.02 Å². The van der Waals surface area contributed by atoms with E-state index in [0.29, 0.717) is 0 Å². The third-order valence-electron chi connectivity index (χ3n) is 3.35. The molecule has 2 N–H and O–H groups in total. The van der Waals surface area contributed by atoms with Crippen molar-refractivity contribution in [2.75, 3.05) is 24.4 Å². The van der Waals surface area contributed by atoms with Crippen molar-refractivity contribution < 1.29 is 22.8 Å². The summed E-state index contributed by atoms with van der Waals surface area (Å²) in [6, 6.07) is 2.28. The molecule has 1 aromatic heterocycles. The SMILES string of the molecule is COCC(C)Nc1ncnc(Nc2cc(C(F)(F)F)ccc2Cl)c1[N+](=O)[O-]. The Hall–Kier alpha value is -2.66. The van der Waals surface area contributed by atoms with Crippen molar-refractivity contribution in [3.05, 3.63) is 45.2 Å². The number of anilines is 3. The Morgan fingerprint density at radius 1 is 1.33 bits per heavy atom. The standard InChI is InChI=1S/C15H15ClF3N5O3/c1-8(6-27-2)22-13-12(24(25)26)14(21-7-20-13)23-11-5-9(15(17,18)19)3-4-10(11)16/h3-5,7-8H,6H2,1-2H3,(H2,20,21,22,23). The molecule has 12 heteroatoms. The van der Waals surface area contributed by atoms with Gasteiger partial charge in [0.05, 0.1) is 27.8 Å². The molecule has 1 aromatic carbocycles. The summed E-state index contributed by atoms with van der Waals surface area (Å²) in [6.45, 7) is 1.97. The Labute approximate surface area is 156 Å². The van der Waals surface area contributed by atoms with E-state index in [-0.39, 0.29) is 35.0 Å². The number of aromatic nitrogens is 2. The molecule has 0 spiro atoms. The lowest BCUT2D eigenvalue weighted by molar-refractivity contribution is -0.383. The van der Waals surface area contributed by atoms with Crippen molar-refractivity contribution >= 4 is 34.6 Å². The first-order valence-corrected chi connectivity index (χ1v) is 7.90. The fraction of sp³-hybridized carbons (Fsp3) is 0.333. The maximum Gasteiger partial charge on any atom is 0.416 e. The number of halogens is 4. The van der Waals surface area contributed by atoms with Crippen LogP contribution in [-0.2, 0) is 10.9 Å². The average molecular weight is 406 g/mol. The summed E-state index contributed by atoms with van der Waals surface area (Å²) in [4.78, 5) is 18.3.